The number of aromatic amines is 1. The van der Waals surface area contributed by atoms with Crippen LogP contribution in [0.1, 0.15) is 43.1 Å². The molecular formula is C11H16F3N3O. The fourth-order valence-corrected chi connectivity index (χ4v) is 1.93. The van der Waals surface area contributed by atoms with Crippen molar-refractivity contribution in [3.05, 3.63) is 17.2 Å². The molecule has 1 aromatic heterocycles. The van der Waals surface area contributed by atoms with Gasteiger partial charge in [0.15, 0.2) is 5.69 Å². The highest BCUT2D eigenvalue weighted by molar-refractivity contribution is 5.22. The molecule has 1 saturated heterocycles. The minimum absolute atomic E-state index is 0.117. The summed E-state index contributed by atoms with van der Waals surface area (Å²) in [7, 11) is 0. The fraction of sp³-hybridized carbons (Fsp3) is 0.727. The molecular weight excluding hydrogens is 247 g/mol. The van der Waals surface area contributed by atoms with Crippen LogP contribution in [0.15, 0.2) is 0 Å². The van der Waals surface area contributed by atoms with E-state index in [9.17, 15) is 13.2 Å². The van der Waals surface area contributed by atoms with E-state index >= 15 is 0 Å². The number of nitrogens with zero attached hydrogens (tertiary/aromatic N) is 1. The van der Waals surface area contributed by atoms with Crippen molar-refractivity contribution in [1.82, 2.24) is 15.3 Å². The number of halogens is 3. The predicted octanol–water partition coefficient (Wildman–Crippen LogP) is 2.21. The Labute approximate surface area is 103 Å². The van der Waals surface area contributed by atoms with Crippen LogP contribution in [0.4, 0.5) is 13.2 Å². The van der Waals surface area contributed by atoms with Crippen LogP contribution in [0.25, 0.3) is 0 Å². The molecule has 1 aliphatic heterocycles. The highest BCUT2D eigenvalue weighted by atomic mass is 19.4. The number of hydrogen-bond acceptors (Lipinski definition) is 3. The van der Waals surface area contributed by atoms with Crippen LogP contribution in [0, 0.1) is 0 Å². The lowest BCUT2D eigenvalue weighted by atomic mass is 10.1. The summed E-state index contributed by atoms with van der Waals surface area (Å²) in [5.74, 6) is -0.0161. The van der Waals surface area contributed by atoms with E-state index in [1.54, 1.807) is 13.8 Å². The Morgan fingerprint density at radius 2 is 2.11 bits per heavy atom. The van der Waals surface area contributed by atoms with Gasteiger partial charge in [-0.3, -0.25) is 0 Å². The Morgan fingerprint density at radius 1 is 1.39 bits per heavy atom. The van der Waals surface area contributed by atoms with Crippen LogP contribution < -0.4 is 5.32 Å². The highest BCUT2D eigenvalue weighted by Crippen LogP contribution is 2.34. The Morgan fingerprint density at radius 3 is 2.56 bits per heavy atom. The molecule has 2 rings (SSSR count). The third kappa shape index (κ3) is 2.67. The molecule has 1 unspecified atom stereocenters. The van der Waals surface area contributed by atoms with Crippen molar-refractivity contribution in [2.24, 2.45) is 0 Å². The summed E-state index contributed by atoms with van der Waals surface area (Å²) in [6.45, 7) is 5.06. The molecule has 18 heavy (non-hydrogen) atoms. The van der Waals surface area contributed by atoms with Gasteiger partial charge in [-0.1, -0.05) is 13.8 Å². The third-order valence-corrected chi connectivity index (χ3v) is 2.83. The van der Waals surface area contributed by atoms with Crippen molar-refractivity contribution >= 4 is 0 Å². The standard InChI is InChI=1S/C11H16F3N3O/c1-6(2)8-9(11(12,13)14)17-10(16-8)7-5-15-3-4-18-7/h6-7,15H,3-5H2,1-2H3,(H,16,17). The van der Waals surface area contributed by atoms with Gasteiger partial charge in [0.25, 0.3) is 0 Å². The SMILES string of the molecule is CC(C)c1[nH]c(C2CNCCO2)nc1C(F)(F)F. The first-order chi connectivity index (χ1) is 8.39. The van der Waals surface area contributed by atoms with E-state index in [1.165, 1.54) is 0 Å². The zero-order chi connectivity index (χ0) is 13.3. The molecule has 0 saturated carbocycles. The van der Waals surface area contributed by atoms with E-state index in [1.807, 2.05) is 0 Å². The lowest BCUT2D eigenvalue weighted by molar-refractivity contribution is -0.141. The summed E-state index contributed by atoms with van der Waals surface area (Å²) in [6, 6.07) is 0. The molecule has 0 amide bonds. The number of hydrogen-bond donors (Lipinski definition) is 2. The van der Waals surface area contributed by atoms with Crippen LogP contribution in [0.2, 0.25) is 0 Å². The molecule has 0 aromatic carbocycles. The lowest BCUT2D eigenvalue weighted by Crippen LogP contribution is -2.33. The van der Waals surface area contributed by atoms with Gasteiger partial charge in [-0.2, -0.15) is 13.2 Å². The molecule has 0 aliphatic carbocycles. The normalized spacial score (nSPS) is 21.6. The molecule has 0 bridgehead atoms. The van der Waals surface area contributed by atoms with Crippen molar-refractivity contribution in [3.63, 3.8) is 0 Å². The molecule has 1 fully saturated rings. The number of alkyl halides is 3. The van der Waals surface area contributed by atoms with Crippen molar-refractivity contribution in [1.29, 1.82) is 0 Å². The summed E-state index contributed by atoms with van der Waals surface area (Å²) >= 11 is 0. The Kier molecular flexibility index (Phi) is 3.63. The summed E-state index contributed by atoms with van der Waals surface area (Å²) in [6.07, 6.45) is -4.87. The van der Waals surface area contributed by atoms with Crippen LogP contribution in [-0.2, 0) is 10.9 Å². The maximum absolute atomic E-state index is 12.9. The van der Waals surface area contributed by atoms with Gasteiger partial charge in [-0.15, -0.1) is 0 Å². The molecule has 7 heteroatoms. The second-order valence-electron chi connectivity index (χ2n) is 4.60. The topological polar surface area (TPSA) is 49.9 Å². The van der Waals surface area contributed by atoms with E-state index in [0.717, 1.165) is 0 Å². The van der Waals surface area contributed by atoms with Gasteiger partial charge >= 0.3 is 6.18 Å². The number of imidazole rings is 1. The number of nitrogens with one attached hydrogen (secondary N) is 2. The van der Waals surface area contributed by atoms with Gasteiger partial charge in [-0.05, 0) is 5.92 Å². The summed E-state index contributed by atoms with van der Waals surface area (Å²) in [4.78, 5) is 6.44. The number of H-pyrrole nitrogens is 1. The first-order valence-corrected chi connectivity index (χ1v) is 5.89. The Bertz CT molecular complexity index is 408. The first-order valence-electron chi connectivity index (χ1n) is 5.89. The van der Waals surface area contributed by atoms with Gasteiger partial charge in [0.2, 0.25) is 0 Å². The second-order valence-corrected chi connectivity index (χ2v) is 4.60. The molecule has 102 valence electrons. The molecule has 4 nitrogen and oxygen atoms in total. The molecule has 0 spiro atoms. The largest absolute Gasteiger partial charge is 0.435 e. The van der Waals surface area contributed by atoms with Crippen LogP contribution in [0.5, 0.6) is 0 Å². The molecule has 1 aliphatic rings. The van der Waals surface area contributed by atoms with E-state index in [2.05, 4.69) is 15.3 Å². The zero-order valence-electron chi connectivity index (χ0n) is 10.3. The van der Waals surface area contributed by atoms with Crippen LogP contribution >= 0.6 is 0 Å². The van der Waals surface area contributed by atoms with E-state index in [4.69, 9.17) is 4.74 Å². The van der Waals surface area contributed by atoms with Crippen molar-refractivity contribution in [2.45, 2.75) is 32.0 Å². The maximum Gasteiger partial charge on any atom is 0.435 e. The number of rotatable bonds is 2. The lowest BCUT2D eigenvalue weighted by Gasteiger charge is -2.21. The number of aromatic nitrogens is 2. The fourth-order valence-electron chi connectivity index (χ4n) is 1.93. The molecule has 0 radical (unpaired) electrons. The van der Waals surface area contributed by atoms with Crippen molar-refractivity contribution in [3.8, 4) is 0 Å². The van der Waals surface area contributed by atoms with Gasteiger partial charge in [0, 0.05) is 18.8 Å². The average Bonchev–Trinajstić information content (AvgIpc) is 2.74. The summed E-state index contributed by atoms with van der Waals surface area (Å²) in [5.41, 5.74) is -0.714. The van der Waals surface area contributed by atoms with Gasteiger partial charge in [0.1, 0.15) is 11.9 Å². The summed E-state index contributed by atoms with van der Waals surface area (Å²) < 4.78 is 44.0. The average molecular weight is 263 g/mol. The Hall–Kier alpha value is -1.08. The molecule has 2 heterocycles. The van der Waals surface area contributed by atoms with Gasteiger partial charge < -0.3 is 15.0 Å². The zero-order valence-corrected chi connectivity index (χ0v) is 10.3. The number of morpholine rings is 1. The predicted molar refractivity (Wildman–Crippen MR) is 59.2 cm³/mol. The van der Waals surface area contributed by atoms with E-state index in [-0.39, 0.29) is 17.4 Å². The minimum atomic E-state index is -4.43. The van der Waals surface area contributed by atoms with E-state index in [0.29, 0.717) is 19.7 Å². The quantitative estimate of drug-likeness (QED) is 0.860. The monoisotopic (exact) mass is 263 g/mol. The molecule has 1 aromatic rings. The van der Waals surface area contributed by atoms with E-state index < -0.39 is 18.0 Å². The Balaban J connectivity index is 2.32. The highest BCUT2D eigenvalue weighted by Gasteiger charge is 2.39. The second kappa shape index (κ2) is 4.89. The maximum atomic E-state index is 12.9. The molecule has 1 atom stereocenters. The smallest absolute Gasteiger partial charge is 0.368 e. The van der Waals surface area contributed by atoms with Crippen molar-refractivity contribution < 1.29 is 17.9 Å². The minimum Gasteiger partial charge on any atom is -0.368 e. The first kappa shape index (κ1) is 13.4. The molecule has 2 N–H and O–H groups in total. The number of ether oxygens (including phenoxy) is 1. The van der Waals surface area contributed by atoms with Crippen LogP contribution in [0.3, 0.4) is 0 Å². The summed E-state index contributed by atoms with van der Waals surface area (Å²) in [5, 5.41) is 3.06. The van der Waals surface area contributed by atoms with Crippen molar-refractivity contribution in [2.75, 3.05) is 19.7 Å². The van der Waals surface area contributed by atoms with Gasteiger partial charge in [0.05, 0.1) is 6.61 Å². The third-order valence-electron chi connectivity index (χ3n) is 2.83. The van der Waals surface area contributed by atoms with Crippen LogP contribution in [-0.4, -0.2) is 29.7 Å². The van der Waals surface area contributed by atoms with Gasteiger partial charge in [-0.25, -0.2) is 4.98 Å².